The van der Waals surface area contributed by atoms with Crippen LogP contribution in [0.25, 0.3) is 0 Å². The van der Waals surface area contributed by atoms with E-state index in [4.69, 9.17) is 14.2 Å². The Bertz CT molecular complexity index is 430. The van der Waals surface area contributed by atoms with Gasteiger partial charge in [-0.15, -0.1) is 0 Å². The molecule has 0 bridgehead atoms. The van der Waals surface area contributed by atoms with E-state index in [1.807, 2.05) is 25.2 Å². The second kappa shape index (κ2) is 8.25. The van der Waals surface area contributed by atoms with Gasteiger partial charge in [0.25, 0.3) is 0 Å². The van der Waals surface area contributed by atoms with Gasteiger partial charge >= 0.3 is 0 Å². The lowest BCUT2D eigenvalue weighted by atomic mass is 10.1. The quantitative estimate of drug-likeness (QED) is 0.799. The maximum Gasteiger partial charge on any atom is 0.127 e. The first kappa shape index (κ1) is 16.1. The molecule has 0 aromatic heterocycles. The van der Waals surface area contributed by atoms with Crippen LogP contribution in [0.5, 0.6) is 11.5 Å². The van der Waals surface area contributed by atoms with Crippen molar-refractivity contribution in [3.63, 3.8) is 0 Å². The van der Waals surface area contributed by atoms with Crippen LogP contribution in [-0.2, 0) is 4.74 Å². The van der Waals surface area contributed by atoms with Crippen molar-refractivity contribution in [2.45, 2.75) is 31.7 Å². The second-order valence-corrected chi connectivity index (χ2v) is 5.64. The highest BCUT2D eigenvalue weighted by Crippen LogP contribution is 2.30. The van der Waals surface area contributed by atoms with Crippen molar-refractivity contribution in [1.29, 1.82) is 0 Å². The second-order valence-electron chi connectivity index (χ2n) is 5.64. The van der Waals surface area contributed by atoms with Gasteiger partial charge in [0.15, 0.2) is 0 Å². The number of ether oxygens (including phenoxy) is 3. The normalized spacial score (nSPS) is 16.9. The van der Waals surface area contributed by atoms with Crippen LogP contribution in [0.4, 0.5) is 0 Å². The van der Waals surface area contributed by atoms with Gasteiger partial charge in [-0.05, 0) is 37.9 Å². The molecule has 0 heterocycles. The van der Waals surface area contributed by atoms with E-state index in [1.54, 1.807) is 14.2 Å². The van der Waals surface area contributed by atoms with Crippen LogP contribution in [0.2, 0.25) is 0 Å². The first-order valence-electron chi connectivity index (χ1n) is 7.75. The van der Waals surface area contributed by atoms with E-state index in [-0.39, 0.29) is 6.04 Å². The number of benzene rings is 1. The molecule has 1 aromatic rings. The zero-order valence-electron chi connectivity index (χ0n) is 13.4. The molecule has 1 aromatic carbocycles. The van der Waals surface area contributed by atoms with Crippen molar-refractivity contribution >= 4 is 0 Å². The zero-order chi connectivity index (χ0) is 15.1. The number of hydrogen-bond acceptors (Lipinski definition) is 4. The van der Waals surface area contributed by atoms with Crippen LogP contribution >= 0.6 is 0 Å². The standard InChI is InChI=1S/C17H27NO3/c1-18-16(12-21-11-13-6-4-5-7-13)15-9-8-14(19-2)10-17(15)20-3/h8-10,13,16,18H,4-7,11-12H2,1-3H3. The molecule has 1 unspecified atom stereocenters. The Morgan fingerprint density at radius 1 is 1.19 bits per heavy atom. The maximum absolute atomic E-state index is 5.93. The van der Waals surface area contributed by atoms with Gasteiger partial charge in [-0.25, -0.2) is 0 Å². The fourth-order valence-corrected chi connectivity index (χ4v) is 2.96. The van der Waals surface area contributed by atoms with Gasteiger partial charge in [-0.3, -0.25) is 0 Å². The Labute approximate surface area is 127 Å². The molecule has 0 spiro atoms. The van der Waals surface area contributed by atoms with Crippen LogP contribution in [0.1, 0.15) is 37.3 Å². The lowest BCUT2D eigenvalue weighted by Crippen LogP contribution is -2.23. The van der Waals surface area contributed by atoms with E-state index in [0.29, 0.717) is 6.61 Å². The van der Waals surface area contributed by atoms with Gasteiger partial charge < -0.3 is 19.5 Å². The highest BCUT2D eigenvalue weighted by atomic mass is 16.5. The maximum atomic E-state index is 5.93. The summed E-state index contributed by atoms with van der Waals surface area (Å²) >= 11 is 0. The minimum Gasteiger partial charge on any atom is -0.497 e. The van der Waals surface area contributed by atoms with Crippen LogP contribution < -0.4 is 14.8 Å². The van der Waals surface area contributed by atoms with Gasteiger partial charge in [-0.2, -0.15) is 0 Å². The van der Waals surface area contributed by atoms with E-state index in [0.717, 1.165) is 29.6 Å². The summed E-state index contributed by atoms with van der Waals surface area (Å²) in [6, 6.07) is 6.04. The van der Waals surface area contributed by atoms with Crippen molar-refractivity contribution in [2.75, 3.05) is 34.5 Å². The number of rotatable bonds is 8. The molecule has 0 aliphatic heterocycles. The summed E-state index contributed by atoms with van der Waals surface area (Å²) in [6.45, 7) is 1.53. The predicted molar refractivity (Wildman–Crippen MR) is 84.1 cm³/mol. The van der Waals surface area contributed by atoms with E-state index in [1.165, 1.54) is 25.7 Å². The molecule has 21 heavy (non-hydrogen) atoms. The van der Waals surface area contributed by atoms with Crippen molar-refractivity contribution < 1.29 is 14.2 Å². The van der Waals surface area contributed by atoms with Crippen molar-refractivity contribution in [3.05, 3.63) is 23.8 Å². The summed E-state index contributed by atoms with van der Waals surface area (Å²) in [5.74, 6) is 2.38. The number of nitrogens with one attached hydrogen (secondary N) is 1. The summed E-state index contributed by atoms with van der Waals surface area (Å²) in [5, 5.41) is 3.31. The van der Waals surface area contributed by atoms with E-state index >= 15 is 0 Å². The Kier molecular flexibility index (Phi) is 6.33. The molecule has 118 valence electrons. The van der Waals surface area contributed by atoms with Crippen LogP contribution in [-0.4, -0.2) is 34.5 Å². The molecule has 2 rings (SSSR count). The van der Waals surface area contributed by atoms with E-state index < -0.39 is 0 Å². The van der Waals surface area contributed by atoms with E-state index in [9.17, 15) is 0 Å². The molecule has 0 radical (unpaired) electrons. The molecule has 1 atom stereocenters. The summed E-state index contributed by atoms with van der Waals surface area (Å²) in [7, 11) is 5.30. The third-order valence-corrected chi connectivity index (χ3v) is 4.28. The third kappa shape index (κ3) is 4.35. The van der Waals surface area contributed by atoms with Crippen LogP contribution in [0.3, 0.4) is 0 Å². The molecule has 1 aliphatic carbocycles. The Morgan fingerprint density at radius 3 is 2.57 bits per heavy atom. The van der Waals surface area contributed by atoms with Crippen molar-refractivity contribution in [1.82, 2.24) is 5.32 Å². The third-order valence-electron chi connectivity index (χ3n) is 4.28. The Morgan fingerprint density at radius 2 is 1.95 bits per heavy atom. The highest BCUT2D eigenvalue weighted by molar-refractivity contribution is 5.42. The summed E-state index contributed by atoms with van der Waals surface area (Å²) < 4.78 is 16.6. The molecule has 4 nitrogen and oxygen atoms in total. The monoisotopic (exact) mass is 293 g/mol. The summed E-state index contributed by atoms with van der Waals surface area (Å²) in [5.41, 5.74) is 1.10. The average Bonchev–Trinajstić information content (AvgIpc) is 3.04. The number of methoxy groups -OCH3 is 2. The lowest BCUT2D eigenvalue weighted by Gasteiger charge is -2.21. The SMILES string of the molecule is CNC(COCC1CCCC1)c1ccc(OC)cc1OC. The van der Waals surface area contributed by atoms with Gasteiger partial charge in [0.05, 0.1) is 26.9 Å². The predicted octanol–water partition coefficient (Wildman–Crippen LogP) is 3.17. The first-order valence-corrected chi connectivity index (χ1v) is 7.75. The lowest BCUT2D eigenvalue weighted by molar-refractivity contribution is 0.0838. The smallest absolute Gasteiger partial charge is 0.127 e. The molecule has 0 amide bonds. The zero-order valence-corrected chi connectivity index (χ0v) is 13.4. The van der Waals surface area contributed by atoms with Crippen molar-refractivity contribution in [2.24, 2.45) is 5.92 Å². The van der Waals surface area contributed by atoms with Gasteiger partial charge in [0, 0.05) is 18.2 Å². The molecule has 4 heteroatoms. The highest BCUT2D eigenvalue weighted by Gasteiger charge is 2.18. The molecule has 1 saturated carbocycles. The van der Waals surface area contributed by atoms with Gasteiger partial charge in [0.2, 0.25) is 0 Å². The molecule has 0 saturated heterocycles. The summed E-state index contributed by atoms with van der Waals surface area (Å²) in [4.78, 5) is 0. The minimum atomic E-state index is 0.132. The van der Waals surface area contributed by atoms with E-state index in [2.05, 4.69) is 5.32 Å². The number of likely N-dealkylation sites (N-methyl/N-ethyl adjacent to an activating group) is 1. The largest absolute Gasteiger partial charge is 0.497 e. The molecular weight excluding hydrogens is 266 g/mol. The fraction of sp³-hybridized carbons (Fsp3) is 0.647. The first-order chi connectivity index (χ1) is 10.3. The minimum absolute atomic E-state index is 0.132. The van der Waals surface area contributed by atoms with Crippen LogP contribution in [0, 0.1) is 5.92 Å². The fourth-order valence-electron chi connectivity index (χ4n) is 2.96. The topological polar surface area (TPSA) is 39.7 Å². The molecule has 1 aliphatic rings. The molecule has 1 fully saturated rings. The summed E-state index contributed by atoms with van der Waals surface area (Å²) in [6.07, 6.45) is 5.34. The Hall–Kier alpha value is -1.26. The molecular formula is C17H27NO3. The molecule has 1 N–H and O–H groups in total. The van der Waals surface area contributed by atoms with Gasteiger partial charge in [-0.1, -0.05) is 12.8 Å². The number of hydrogen-bond donors (Lipinski definition) is 1. The van der Waals surface area contributed by atoms with Crippen LogP contribution in [0.15, 0.2) is 18.2 Å². The van der Waals surface area contributed by atoms with Crippen molar-refractivity contribution in [3.8, 4) is 11.5 Å². The van der Waals surface area contributed by atoms with Gasteiger partial charge in [0.1, 0.15) is 11.5 Å². The Balaban J connectivity index is 1.95. The average molecular weight is 293 g/mol.